The summed E-state index contributed by atoms with van der Waals surface area (Å²) in [6.45, 7) is 4.44. The van der Waals surface area contributed by atoms with Gasteiger partial charge in [-0.1, -0.05) is 91.1 Å². The average Bonchev–Trinajstić information content (AvgIpc) is 2.64. The maximum Gasteiger partial charge on any atom is 0.335 e. The van der Waals surface area contributed by atoms with E-state index in [1.54, 1.807) is 12.1 Å². The second-order valence-corrected chi connectivity index (χ2v) is 8.79. The summed E-state index contributed by atoms with van der Waals surface area (Å²) in [5.74, 6) is -0.855. The molecule has 1 N–H and O–H groups in total. The summed E-state index contributed by atoms with van der Waals surface area (Å²) in [4.78, 5) is 10.5. The number of benzene rings is 3. The minimum atomic E-state index is -0.855. The molecule has 0 fully saturated rings. The lowest BCUT2D eigenvalue weighted by molar-refractivity contribution is 0.0697. The number of rotatable bonds is 3. The third-order valence-electron chi connectivity index (χ3n) is 3.71. The lowest BCUT2D eigenvalue weighted by atomic mass is 10.1. The molecule has 3 aromatic rings. The molecular formula is C21H22O2Si. The predicted octanol–water partition coefficient (Wildman–Crippen LogP) is 4.43. The van der Waals surface area contributed by atoms with E-state index in [-0.39, 0.29) is 0 Å². The van der Waals surface area contributed by atoms with Gasteiger partial charge in [0.15, 0.2) is 0 Å². The van der Waals surface area contributed by atoms with Crippen molar-refractivity contribution >= 4 is 20.0 Å². The molecule has 2 nitrogen and oxygen atoms in total. The van der Waals surface area contributed by atoms with E-state index in [2.05, 4.69) is 61.6 Å². The minimum Gasteiger partial charge on any atom is -0.478 e. The average molecular weight is 334 g/mol. The third-order valence-corrected chi connectivity index (χ3v) is 5.42. The van der Waals surface area contributed by atoms with Gasteiger partial charge in [-0.3, -0.25) is 0 Å². The van der Waals surface area contributed by atoms with Gasteiger partial charge in [-0.2, -0.15) is 0 Å². The zero-order chi connectivity index (χ0) is 17.4. The Morgan fingerprint density at radius 3 is 1.46 bits per heavy atom. The molecule has 0 spiro atoms. The van der Waals surface area contributed by atoms with Crippen molar-refractivity contribution in [3.63, 3.8) is 0 Å². The second-order valence-electron chi connectivity index (χ2n) is 5.81. The predicted molar refractivity (Wildman–Crippen MR) is 104 cm³/mol. The fourth-order valence-corrected chi connectivity index (χ4v) is 3.23. The molecule has 0 bridgehead atoms. The summed E-state index contributed by atoms with van der Waals surface area (Å²) in [5, 5.41) is 9.93. The third kappa shape index (κ3) is 5.21. The van der Waals surface area contributed by atoms with Crippen molar-refractivity contribution in [1.82, 2.24) is 0 Å². The Kier molecular flexibility index (Phi) is 6.52. The number of hydrogen-bond donors (Lipinski definition) is 1. The topological polar surface area (TPSA) is 37.3 Å². The zero-order valence-electron chi connectivity index (χ0n) is 14.0. The van der Waals surface area contributed by atoms with Crippen LogP contribution in [0.2, 0.25) is 13.1 Å². The Morgan fingerprint density at radius 2 is 1.12 bits per heavy atom. The summed E-state index contributed by atoms with van der Waals surface area (Å²) in [7, 11) is -0.774. The molecule has 3 rings (SSSR count). The molecule has 0 radical (unpaired) electrons. The van der Waals surface area contributed by atoms with Gasteiger partial charge in [-0.25, -0.2) is 4.79 Å². The molecule has 3 heteroatoms. The Morgan fingerprint density at radius 1 is 0.708 bits per heavy atom. The van der Waals surface area contributed by atoms with E-state index in [9.17, 15) is 4.79 Å². The Balaban J connectivity index is 0.000000174. The number of carbonyl (C=O) groups is 1. The zero-order valence-corrected chi connectivity index (χ0v) is 15.2. The highest BCUT2D eigenvalue weighted by atomic mass is 28.3. The molecule has 0 atom stereocenters. The van der Waals surface area contributed by atoms with Gasteiger partial charge in [-0.15, -0.1) is 0 Å². The first-order valence-corrected chi connectivity index (χ1v) is 10.9. The van der Waals surface area contributed by atoms with Crippen LogP contribution in [0.4, 0.5) is 0 Å². The van der Waals surface area contributed by atoms with E-state index >= 15 is 0 Å². The van der Waals surface area contributed by atoms with Crippen LogP contribution in [-0.2, 0) is 0 Å². The quantitative estimate of drug-likeness (QED) is 0.719. The van der Waals surface area contributed by atoms with Crippen molar-refractivity contribution in [3.8, 4) is 11.1 Å². The highest BCUT2D eigenvalue weighted by Gasteiger charge is 2.03. The monoisotopic (exact) mass is 334 g/mol. The van der Waals surface area contributed by atoms with Gasteiger partial charge in [0.05, 0.1) is 14.4 Å². The Labute approximate surface area is 145 Å². The van der Waals surface area contributed by atoms with E-state index in [1.165, 1.54) is 16.3 Å². The van der Waals surface area contributed by atoms with Gasteiger partial charge in [0.2, 0.25) is 0 Å². The van der Waals surface area contributed by atoms with Gasteiger partial charge in [0.25, 0.3) is 0 Å². The highest BCUT2D eigenvalue weighted by Crippen LogP contribution is 2.17. The molecule has 0 aromatic heterocycles. The van der Waals surface area contributed by atoms with Crippen LogP contribution in [0.15, 0.2) is 84.9 Å². The normalized spacial score (nSPS) is 9.96. The number of carboxylic acids is 1. The maximum absolute atomic E-state index is 10.5. The first-order chi connectivity index (χ1) is 11.6. The van der Waals surface area contributed by atoms with Gasteiger partial charge >= 0.3 is 5.97 Å². The molecule has 0 saturated carbocycles. The van der Waals surface area contributed by atoms with Crippen LogP contribution in [0.25, 0.3) is 11.1 Å². The van der Waals surface area contributed by atoms with Gasteiger partial charge in [0, 0.05) is 0 Å². The molecule has 0 saturated heterocycles. The van der Waals surface area contributed by atoms with Crippen molar-refractivity contribution < 1.29 is 9.90 Å². The van der Waals surface area contributed by atoms with Gasteiger partial charge in [0.1, 0.15) is 0 Å². The minimum absolute atomic E-state index is 0.369. The smallest absolute Gasteiger partial charge is 0.335 e. The summed E-state index contributed by atoms with van der Waals surface area (Å²) in [5.41, 5.74) is 2.92. The molecule has 3 aromatic carbocycles. The maximum atomic E-state index is 10.5. The molecule has 0 aliphatic heterocycles. The van der Waals surface area contributed by atoms with E-state index in [4.69, 9.17) is 5.11 Å². The molecule has 122 valence electrons. The molecule has 0 aliphatic rings. The highest BCUT2D eigenvalue weighted by molar-refractivity contribution is 6.70. The summed E-state index contributed by atoms with van der Waals surface area (Å²) < 4.78 is 0. The fraction of sp³-hybridized carbons (Fsp3) is 0.0952. The van der Waals surface area contributed by atoms with Crippen LogP contribution < -0.4 is 5.19 Å². The van der Waals surface area contributed by atoms with E-state index < -0.39 is 14.8 Å². The van der Waals surface area contributed by atoms with E-state index in [0.29, 0.717) is 5.56 Å². The fourth-order valence-electron chi connectivity index (χ4n) is 2.27. The molecule has 24 heavy (non-hydrogen) atoms. The van der Waals surface area contributed by atoms with Crippen molar-refractivity contribution in [3.05, 3.63) is 90.5 Å². The number of carboxylic acid groups (broad SMARTS) is 1. The van der Waals surface area contributed by atoms with Gasteiger partial charge in [-0.05, 0) is 23.3 Å². The van der Waals surface area contributed by atoms with E-state index in [0.717, 1.165) is 0 Å². The lowest BCUT2D eigenvalue weighted by Gasteiger charge is -2.02. The van der Waals surface area contributed by atoms with Crippen LogP contribution in [0.3, 0.4) is 0 Å². The van der Waals surface area contributed by atoms with Crippen molar-refractivity contribution in [2.45, 2.75) is 13.1 Å². The Bertz CT molecular complexity index is 713. The second kappa shape index (κ2) is 8.84. The first kappa shape index (κ1) is 17.7. The standard InChI is InChI=1S/C12H10.C9H12O2Si/c1-3-7-11(8-4-1)12-9-5-2-6-10-12;1-12(2)8-5-3-7(4-6-8)9(10)11/h1-10H;3-6,12H,1-2H3,(H,10,11). The summed E-state index contributed by atoms with van der Waals surface area (Å²) >= 11 is 0. The molecule has 0 aliphatic carbocycles. The molecule has 0 amide bonds. The van der Waals surface area contributed by atoms with Crippen LogP contribution in [0, 0.1) is 0 Å². The lowest BCUT2D eigenvalue weighted by Crippen LogP contribution is -2.22. The Hall–Kier alpha value is -2.65. The molecule has 0 unspecified atom stereocenters. The SMILES string of the molecule is C[SiH](C)c1ccc(C(=O)O)cc1.c1ccc(-c2ccccc2)cc1. The number of hydrogen-bond acceptors (Lipinski definition) is 1. The van der Waals surface area contributed by atoms with Crippen LogP contribution in [-0.4, -0.2) is 19.9 Å². The molecular weight excluding hydrogens is 312 g/mol. The molecule has 0 heterocycles. The first-order valence-electron chi connectivity index (χ1n) is 8.01. The van der Waals surface area contributed by atoms with Crippen LogP contribution >= 0.6 is 0 Å². The summed E-state index contributed by atoms with van der Waals surface area (Å²) in [6.07, 6.45) is 0. The van der Waals surface area contributed by atoms with Gasteiger partial charge < -0.3 is 5.11 Å². The van der Waals surface area contributed by atoms with Crippen molar-refractivity contribution in [1.29, 1.82) is 0 Å². The van der Waals surface area contributed by atoms with E-state index in [1.807, 2.05) is 24.3 Å². The van der Waals surface area contributed by atoms with Crippen molar-refractivity contribution in [2.75, 3.05) is 0 Å². The van der Waals surface area contributed by atoms with Crippen LogP contribution in [0.1, 0.15) is 10.4 Å². The van der Waals surface area contributed by atoms with Crippen molar-refractivity contribution in [2.24, 2.45) is 0 Å². The number of aromatic carboxylic acids is 1. The van der Waals surface area contributed by atoms with Crippen LogP contribution in [0.5, 0.6) is 0 Å². The summed E-state index contributed by atoms with van der Waals surface area (Å²) in [6, 6.07) is 28.0. The largest absolute Gasteiger partial charge is 0.478 e.